The van der Waals surface area contributed by atoms with Gasteiger partial charge in [0.25, 0.3) is 0 Å². The van der Waals surface area contributed by atoms with Crippen molar-refractivity contribution >= 4 is 29.7 Å². The molecule has 1 amide bonds. The number of fused-ring (bicyclic) bond motifs is 1. The van der Waals surface area contributed by atoms with Gasteiger partial charge >= 0.3 is 0 Å². The summed E-state index contributed by atoms with van der Waals surface area (Å²) in [5.74, 6) is 0.752. The Bertz CT molecular complexity index is 688. The molecule has 3 rings (SSSR count). The van der Waals surface area contributed by atoms with E-state index in [1.807, 2.05) is 36.4 Å². The van der Waals surface area contributed by atoms with E-state index in [1.54, 1.807) is 7.11 Å². The van der Waals surface area contributed by atoms with Crippen LogP contribution >= 0.6 is 12.4 Å². The van der Waals surface area contributed by atoms with Gasteiger partial charge in [0.2, 0.25) is 5.91 Å². The molecule has 2 N–H and O–H groups in total. The van der Waals surface area contributed by atoms with Crippen LogP contribution in [0.5, 0.6) is 5.75 Å². The van der Waals surface area contributed by atoms with Gasteiger partial charge in [-0.05, 0) is 54.3 Å². The summed E-state index contributed by atoms with van der Waals surface area (Å²) in [5.41, 5.74) is 4.24. The van der Waals surface area contributed by atoms with Crippen molar-refractivity contribution in [3.8, 4) is 5.75 Å². The number of carbonyl (C=O) groups excluding carboxylic acids is 1. The van der Waals surface area contributed by atoms with Crippen molar-refractivity contribution in [3.63, 3.8) is 0 Å². The summed E-state index contributed by atoms with van der Waals surface area (Å²) in [7, 11) is 1.63. The number of carbonyl (C=O) groups is 1. The zero-order valence-corrected chi connectivity index (χ0v) is 13.9. The first-order valence-electron chi connectivity index (χ1n) is 7.54. The van der Waals surface area contributed by atoms with E-state index in [0.717, 1.165) is 36.4 Å². The molecular formula is C18H21ClN2O2. The minimum absolute atomic E-state index is 0. The zero-order chi connectivity index (χ0) is 15.4. The maximum Gasteiger partial charge on any atom is 0.228 e. The SMILES string of the molecule is COc1cccc(CC(=O)Nc2ccc3c(c2)CCCN3)c1.Cl. The molecule has 0 radical (unpaired) electrons. The molecule has 122 valence electrons. The van der Waals surface area contributed by atoms with Gasteiger partial charge in [0.05, 0.1) is 13.5 Å². The molecule has 4 nitrogen and oxygen atoms in total. The Morgan fingerprint density at radius 3 is 2.96 bits per heavy atom. The maximum atomic E-state index is 12.2. The molecule has 0 spiro atoms. The summed E-state index contributed by atoms with van der Waals surface area (Å²) in [6.07, 6.45) is 2.53. The Morgan fingerprint density at radius 2 is 2.13 bits per heavy atom. The van der Waals surface area contributed by atoms with E-state index in [4.69, 9.17) is 4.74 Å². The van der Waals surface area contributed by atoms with Crippen molar-refractivity contribution in [1.82, 2.24) is 0 Å². The normalized spacial score (nSPS) is 12.4. The quantitative estimate of drug-likeness (QED) is 0.898. The monoisotopic (exact) mass is 332 g/mol. The van der Waals surface area contributed by atoms with Crippen LogP contribution in [0.25, 0.3) is 0 Å². The largest absolute Gasteiger partial charge is 0.497 e. The van der Waals surface area contributed by atoms with Crippen LogP contribution in [0.15, 0.2) is 42.5 Å². The smallest absolute Gasteiger partial charge is 0.228 e. The second-order valence-corrected chi connectivity index (χ2v) is 5.48. The van der Waals surface area contributed by atoms with Crippen LogP contribution in [0.2, 0.25) is 0 Å². The third kappa shape index (κ3) is 4.39. The van der Waals surface area contributed by atoms with Gasteiger partial charge in [-0.1, -0.05) is 12.1 Å². The van der Waals surface area contributed by atoms with Gasteiger partial charge < -0.3 is 15.4 Å². The number of aryl methyl sites for hydroxylation is 1. The number of anilines is 2. The molecule has 1 heterocycles. The summed E-state index contributed by atoms with van der Waals surface area (Å²) in [5, 5.41) is 6.34. The second-order valence-electron chi connectivity index (χ2n) is 5.48. The molecule has 2 aromatic carbocycles. The predicted octanol–water partition coefficient (Wildman–Crippen LogP) is 3.66. The Kier molecular flexibility index (Phi) is 5.88. The lowest BCUT2D eigenvalue weighted by atomic mass is 10.0. The molecular weight excluding hydrogens is 312 g/mol. The van der Waals surface area contributed by atoms with Crippen molar-refractivity contribution in [2.24, 2.45) is 0 Å². The minimum atomic E-state index is -0.0167. The first-order valence-corrected chi connectivity index (χ1v) is 7.54. The summed E-state index contributed by atoms with van der Waals surface area (Å²) >= 11 is 0. The van der Waals surface area contributed by atoms with Crippen LogP contribution in [0.1, 0.15) is 17.5 Å². The van der Waals surface area contributed by atoms with E-state index in [2.05, 4.69) is 16.7 Å². The standard InChI is InChI=1S/C18H20N2O2.ClH/c1-22-16-6-2-4-13(10-16)11-18(21)20-15-7-8-17-14(12-15)5-3-9-19-17;/h2,4,6-8,10,12,19H,3,5,9,11H2,1H3,(H,20,21);1H. The van der Waals surface area contributed by atoms with Crippen molar-refractivity contribution in [2.45, 2.75) is 19.3 Å². The lowest BCUT2D eigenvalue weighted by Gasteiger charge is -2.18. The molecule has 23 heavy (non-hydrogen) atoms. The summed E-state index contributed by atoms with van der Waals surface area (Å²) in [6, 6.07) is 13.6. The highest BCUT2D eigenvalue weighted by Crippen LogP contribution is 2.25. The molecule has 0 fully saturated rings. The van der Waals surface area contributed by atoms with Crippen LogP contribution in [-0.4, -0.2) is 19.6 Å². The summed E-state index contributed by atoms with van der Waals surface area (Å²) < 4.78 is 5.18. The van der Waals surface area contributed by atoms with E-state index in [1.165, 1.54) is 11.3 Å². The van der Waals surface area contributed by atoms with E-state index < -0.39 is 0 Å². The number of ether oxygens (including phenoxy) is 1. The molecule has 0 aromatic heterocycles. The van der Waals surface area contributed by atoms with E-state index in [9.17, 15) is 4.79 Å². The Labute approximate surface area is 142 Å². The van der Waals surface area contributed by atoms with E-state index >= 15 is 0 Å². The fourth-order valence-electron chi connectivity index (χ4n) is 2.73. The fourth-order valence-corrected chi connectivity index (χ4v) is 2.73. The number of amides is 1. The zero-order valence-electron chi connectivity index (χ0n) is 13.1. The van der Waals surface area contributed by atoms with E-state index in [-0.39, 0.29) is 18.3 Å². The summed E-state index contributed by atoms with van der Waals surface area (Å²) in [6.45, 7) is 1.02. The molecule has 0 aliphatic carbocycles. The number of rotatable bonds is 4. The fraction of sp³-hybridized carbons (Fsp3) is 0.278. The highest BCUT2D eigenvalue weighted by Gasteiger charge is 2.10. The van der Waals surface area contributed by atoms with Crippen LogP contribution < -0.4 is 15.4 Å². The molecule has 1 aliphatic rings. The first-order chi connectivity index (χ1) is 10.7. The molecule has 2 aromatic rings. The van der Waals surface area contributed by atoms with Crippen LogP contribution in [0, 0.1) is 0 Å². The van der Waals surface area contributed by atoms with Gasteiger partial charge in [-0.3, -0.25) is 4.79 Å². The third-order valence-electron chi connectivity index (χ3n) is 3.83. The molecule has 1 aliphatic heterocycles. The molecule has 0 saturated carbocycles. The molecule has 0 saturated heterocycles. The highest BCUT2D eigenvalue weighted by atomic mass is 35.5. The number of nitrogens with one attached hydrogen (secondary N) is 2. The van der Waals surface area contributed by atoms with Crippen LogP contribution in [0.3, 0.4) is 0 Å². The second kappa shape index (κ2) is 7.88. The maximum absolute atomic E-state index is 12.2. The van der Waals surface area contributed by atoms with E-state index in [0.29, 0.717) is 6.42 Å². The third-order valence-corrected chi connectivity index (χ3v) is 3.83. The van der Waals surface area contributed by atoms with Gasteiger partial charge in [0.1, 0.15) is 5.75 Å². The highest BCUT2D eigenvalue weighted by molar-refractivity contribution is 5.92. The number of methoxy groups -OCH3 is 1. The van der Waals surface area contributed by atoms with Crippen LogP contribution in [0.4, 0.5) is 11.4 Å². The molecule has 0 atom stereocenters. The van der Waals surface area contributed by atoms with Gasteiger partial charge in [-0.15, -0.1) is 12.4 Å². The Balaban J connectivity index is 0.00000192. The Morgan fingerprint density at radius 1 is 1.26 bits per heavy atom. The average Bonchev–Trinajstić information content (AvgIpc) is 2.55. The number of benzene rings is 2. The summed E-state index contributed by atoms with van der Waals surface area (Å²) in [4.78, 5) is 12.2. The van der Waals surface area contributed by atoms with Gasteiger partial charge in [-0.2, -0.15) is 0 Å². The minimum Gasteiger partial charge on any atom is -0.497 e. The number of halogens is 1. The van der Waals surface area contributed by atoms with Crippen LogP contribution in [-0.2, 0) is 17.6 Å². The van der Waals surface area contributed by atoms with Gasteiger partial charge in [0.15, 0.2) is 0 Å². The van der Waals surface area contributed by atoms with Gasteiger partial charge in [-0.25, -0.2) is 0 Å². The molecule has 5 heteroatoms. The first kappa shape index (κ1) is 17.2. The lowest BCUT2D eigenvalue weighted by molar-refractivity contribution is -0.115. The van der Waals surface area contributed by atoms with Crippen molar-refractivity contribution in [2.75, 3.05) is 24.3 Å². The molecule has 0 bridgehead atoms. The molecule has 0 unspecified atom stereocenters. The Hall–Kier alpha value is -2.20. The average molecular weight is 333 g/mol. The topological polar surface area (TPSA) is 50.4 Å². The van der Waals surface area contributed by atoms with Crippen molar-refractivity contribution < 1.29 is 9.53 Å². The van der Waals surface area contributed by atoms with Crippen molar-refractivity contribution in [3.05, 3.63) is 53.6 Å². The van der Waals surface area contributed by atoms with Crippen molar-refractivity contribution in [1.29, 1.82) is 0 Å². The number of hydrogen-bond donors (Lipinski definition) is 2. The lowest BCUT2D eigenvalue weighted by Crippen LogP contribution is -2.16. The predicted molar refractivity (Wildman–Crippen MR) is 95.8 cm³/mol. The van der Waals surface area contributed by atoms with Gasteiger partial charge in [0, 0.05) is 17.9 Å². The number of hydrogen-bond acceptors (Lipinski definition) is 3.